The van der Waals surface area contributed by atoms with Crippen LogP contribution in [-0.4, -0.2) is 17.6 Å². The summed E-state index contributed by atoms with van der Waals surface area (Å²) in [5.41, 5.74) is 0.488. The Balaban J connectivity index is 1.88. The molecule has 3 nitrogen and oxygen atoms in total. The highest BCUT2D eigenvalue weighted by Crippen LogP contribution is 2.11. The fraction of sp³-hybridized carbons (Fsp3) is 0.214. The van der Waals surface area contributed by atoms with Crippen molar-refractivity contribution in [1.82, 2.24) is 5.32 Å². The van der Waals surface area contributed by atoms with E-state index in [0.29, 0.717) is 12.1 Å². The first-order chi connectivity index (χ1) is 9.16. The van der Waals surface area contributed by atoms with Crippen molar-refractivity contribution in [3.63, 3.8) is 0 Å². The zero-order valence-electron chi connectivity index (χ0n) is 10.2. The van der Waals surface area contributed by atoms with Crippen LogP contribution in [0.2, 0.25) is 0 Å². The van der Waals surface area contributed by atoms with Gasteiger partial charge >= 0.3 is 5.97 Å². The summed E-state index contributed by atoms with van der Waals surface area (Å²) in [4.78, 5) is 12.1. The molecular formula is C14H14FNO2S. The van der Waals surface area contributed by atoms with Crippen LogP contribution in [0.5, 0.6) is 0 Å². The van der Waals surface area contributed by atoms with Gasteiger partial charge in [-0.1, -0.05) is 6.07 Å². The number of thiophene rings is 1. The van der Waals surface area contributed by atoms with E-state index in [1.165, 1.54) is 23.1 Å². The van der Waals surface area contributed by atoms with E-state index in [1.54, 1.807) is 11.3 Å². The highest BCUT2D eigenvalue weighted by molar-refractivity contribution is 7.09. The van der Waals surface area contributed by atoms with Gasteiger partial charge in [0.05, 0.1) is 5.56 Å². The lowest BCUT2D eigenvalue weighted by Crippen LogP contribution is -2.17. The van der Waals surface area contributed by atoms with Crippen molar-refractivity contribution < 1.29 is 14.3 Å². The van der Waals surface area contributed by atoms with E-state index in [9.17, 15) is 9.18 Å². The van der Waals surface area contributed by atoms with Gasteiger partial charge in [0.15, 0.2) is 0 Å². The number of carboxylic acids is 1. The molecule has 0 amide bonds. The Labute approximate surface area is 114 Å². The first-order valence-corrected chi connectivity index (χ1v) is 6.79. The van der Waals surface area contributed by atoms with Gasteiger partial charge in [-0.3, -0.25) is 0 Å². The van der Waals surface area contributed by atoms with Gasteiger partial charge in [0.25, 0.3) is 0 Å². The minimum atomic E-state index is -1.04. The number of carboxylic acid groups (broad SMARTS) is 1. The van der Waals surface area contributed by atoms with Crippen LogP contribution in [0.3, 0.4) is 0 Å². The largest absolute Gasteiger partial charge is 0.478 e. The maximum absolute atomic E-state index is 13.5. The number of hydrogen-bond donors (Lipinski definition) is 2. The van der Waals surface area contributed by atoms with E-state index in [4.69, 9.17) is 5.11 Å². The summed E-state index contributed by atoms with van der Waals surface area (Å²) in [6.45, 7) is 1.07. The summed E-state index contributed by atoms with van der Waals surface area (Å²) in [5, 5.41) is 14.0. The van der Waals surface area contributed by atoms with Crippen LogP contribution in [-0.2, 0) is 13.0 Å². The van der Waals surface area contributed by atoms with Gasteiger partial charge in [0.1, 0.15) is 5.82 Å². The van der Waals surface area contributed by atoms with Crippen molar-refractivity contribution in [2.75, 3.05) is 6.54 Å². The number of aromatic carboxylic acids is 1. The summed E-state index contributed by atoms with van der Waals surface area (Å²) in [6, 6.07) is 7.89. The van der Waals surface area contributed by atoms with Crippen molar-refractivity contribution in [2.24, 2.45) is 0 Å². The molecule has 2 aromatic rings. The van der Waals surface area contributed by atoms with Crippen LogP contribution < -0.4 is 5.32 Å². The average molecular weight is 279 g/mol. The zero-order chi connectivity index (χ0) is 13.7. The number of carbonyl (C=O) groups is 1. The SMILES string of the molecule is O=C(O)c1ccc(F)c(CNCCc2cccs2)c1. The van der Waals surface area contributed by atoms with E-state index in [0.717, 1.165) is 13.0 Å². The van der Waals surface area contributed by atoms with Gasteiger partial charge < -0.3 is 10.4 Å². The van der Waals surface area contributed by atoms with Gasteiger partial charge in [-0.15, -0.1) is 11.3 Å². The third kappa shape index (κ3) is 3.87. The lowest BCUT2D eigenvalue weighted by atomic mass is 10.1. The molecule has 1 aromatic carbocycles. The molecule has 2 rings (SSSR count). The van der Waals surface area contributed by atoms with Crippen molar-refractivity contribution in [1.29, 1.82) is 0 Å². The summed E-state index contributed by atoms with van der Waals surface area (Å²) in [5.74, 6) is -1.42. The summed E-state index contributed by atoms with van der Waals surface area (Å²) < 4.78 is 13.5. The van der Waals surface area contributed by atoms with Crippen molar-refractivity contribution in [3.05, 3.63) is 57.5 Å². The van der Waals surface area contributed by atoms with Gasteiger partial charge in [0, 0.05) is 23.5 Å². The Bertz CT molecular complexity index is 555. The summed E-state index contributed by atoms with van der Waals surface area (Å²) in [6.07, 6.45) is 0.887. The Morgan fingerprint density at radius 3 is 2.89 bits per heavy atom. The highest BCUT2D eigenvalue weighted by Gasteiger charge is 2.07. The third-order valence-corrected chi connectivity index (χ3v) is 3.67. The van der Waals surface area contributed by atoms with Crippen LogP contribution in [0.15, 0.2) is 35.7 Å². The van der Waals surface area contributed by atoms with Gasteiger partial charge in [-0.05, 0) is 36.1 Å². The molecule has 0 bridgehead atoms. The molecule has 0 fully saturated rings. The fourth-order valence-electron chi connectivity index (χ4n) is 1.73. The second-order valence-electron chi connectivity index (χ2n) is 4.12. The summed E-state index contributed by atoms with van der Waals surface area (Å²) >= 11 is 1.69. The molecule has 0 saturated carbocycles. The molecule has 1 aromatic heterocycles. The molecule has 100 valence electrons. The van der Waals surface area contributed by atoms with Crippen LogP contribution in [0, 0.1) is 5.82 Å². The Kier molecular flexibility index (Phi) is 4.65. The molecule has 5 heteroatoms. The monoisotopic (exact) mass is 279 g/mol. The molecule has 0 aliphatic heterocycles. The van der Waals surface area contributed by atoms with Crippen molar-refractivity contribution >= 4 is 17.3 Å². The standard InChI is InChI=1S/C14H14FNO2S/c15-13-4-3-10(14(17)18)8-11(13)9-16-6-5-12-2-1-7-19-12/h1-4,7-8,16H,5-6,9H2,(H,17,18). The zero-order valence-corrected chi connectivity index (χ0v) is 11.0. The molecule has 1 heterocycles. The number of hydrogen-bond acceptors (Lipinski definition) is 3. The molecule has 0 aliphatic carbocycles. The van der Waals surface area contributed by atoms with E-state index in [2.05, 4.69) is 11.4 Å². The first kappa shape index (κ1) is 13.7. The highest BCUT2D eigenvalue weighted by atomic mass is 32.1. The second-order valence-corrected chi connectivity index (χ2v) is 5.15. The van der Waals surface area contributed by atoms with E-state index >= 15 is 0 Å². The predicted octanol–water partition coefficient (Wildman–Crippen LogP) is 2.92. The molecule has 0 spiro atoms. The van der Waals surface area contributed by atoms with Gasteiger partial charge in [-0.2, -0.15) is 0 Å². The van der Waals surface area contributed by atoms with Crippen molar-refractivity contribution in [3.8, 4) is 0 Å². The number of halogens is 1. The molecule has 0 radical (unpaired) electrons. The maximum Gasteiger partial charge on any atom is 0.335 e. The Morgan fingerprint density at radius 1 is 1.37 bits per heavy atom. The first-order valence-electron chi connectivity index (χ1n) is 5.91. The minimum Gasteiger partial charge on any atom is -0.478 e. The lowest BCUT2D eigenvalue weighted by Gasteiger charge is -2.06. The lowest BCUT2D eigenvalue weighted by molar-refractivity contribution is 0.0696. The number of benzene rings is 1. The second kappa shape index (κ2) is 6.45. The van der Waals surface area contributed by atoms with Crippen LogP contribution in [0.25, 0.3) is 0 Å². The molecule has 0 saturated heterocycles. The van der Waals surface area contributed by atoms with E-state index in [1.807, 2.05) is 11.4 Å². The Hall–Kier alpha value is -1.72. The number of nitrogens with one attached hydrogen (secondary N) is 1. The quantitative estimate of drug-likeness (QED) is 0.799. The topological polar surface area (TPSA) is 49.3 Å². The molecule has 19 heavy (non-hydrogen) atoms. The normalized spacial score (nSPS) is 10.6. The average Bonchev–Trinajstić information content (AvgIpc) is 2.89. The van der Waals surface area contributed by atoms with Gasteiger partial charge in [-0.25, -0.2) is 9.18 Å². The molecule has 0 atom stereocenters. The van der Waals surface area contributed by atoms with E-state index < -0.39 is 5.97 Å². The smallest absolute Gasteiger partial charge is 0.335 e. The molecular weight excluding hydrogens is 265 g/mol. The fourth-order valence-corrected chi connectivity index (χ4v) is 2.44. The third-order valence-electron chi connectivity index (χ3n) is 2.74. The van der Waals surface area contributed by atoms with Crippen LogP contribution in [0.1, 0.15) is 20.8 Å². The minimum absolute atomic E-state index is 0.108. The molecule has 0 aliphatic rings. The van der Waals surface area contributed by atoms with Crippen LogP contribution in [0.4, 0.5) is 4.39 Å². The number of rotatable bonds is 6. The van der Waals surface area contributed by atoms with E-state index in [-0.39, 0.29) is 11.4 Å². The maximum atomic E-state index is 13.5. The molecule has 2 N–H and O–H groups in total. The van der Waals surface area contributed by atoms with Crippen LogP contribution >= 0.6 is 11.3 Å². The van der Waals surface area contributed by atoms with Crippen molar-refractivity contribution in [2.45, 2.75) is 13.0 Å². The summed E-state index contributed by atoms with van der Waals surface area (Å²) in [7, 11) is 0. The van der Waals surface area contributed by atoms with Gasteiger partial charge in [0.2, 0.25) is 0 Å². The predicted molar refractivity (Wildman–Crippen MR) is 73.1 cm³/mol. The Morgan fingerprint density at radius 2 is 2.21 bits per heavy atom. The molecule has 0 unspecified atom stereocenters.